The van der Waals surface area contributed by atoms with Crippen molar-refractivity contribution in [3.63, 3.8) is 0 Å². The maximum Gasteiger partial charge on any atom is 0.324 e. The van der Waals surface area contributed by atoms with Crippen LogP contribution in [-0.2, 0) is 28.9 Å². The lowest BCUT2D eigenvalue weighted by Gasteiger charge is -2.14. The number of esters is 2. The molecule has 0 aromatic heterocycles. The van der Waals surface area contributed by atoms with Crippen LogP contribution in [0.15, 0.2) is 0 Å². The largest absolute Gasteiger partial charge is 0.465 e. The van der Waals surface area contributed by atoms with E-state index in [2.05, 4.69) is 4.74 Å². The lowest BCUT2D eigenvalue weighted by molar-refractivity contribution is -0.142. The van der Waals surface area contributed by atoms with Gasteiger partial charge in [-0.1, -0.05) is 13.3 Å². The van der Waals surface area contributed by atoms with E-state index in [-0.39, 0.29) is 19.6 Å². The fraction of sp³-hybridized carbons (Fsp3) is 0.818. The normalized spacial score (nSPS) is 12.8. The predicted molar refractivity (Wildman–Crippen MR) is 65.7 cm³/mol. The van der Waals surface area contributed by atoms with Gasteiger partial charge in [-0.25, -0.2) is 8.42 Å². The number of ether oxygens (including phenoxy) is 2. The third kappa shape index (κ3) is 5.48. The van der Waals surface area contributed by atoms with Gasteiger partial charge in [-0.15, -0.1) is 0 Å². The Kier molecular flexibility index (Phi) is 7.58. The van der Waals surface area contributed by atoms with E-state index < -0.39 is 32.8 Å². The highest BCUT2D eigenvalue weighted by atomic mass is 32.2. The fourth-order valence-corrected chi connectivity index (χ4v) is 2.98. The Morgan fingerprint density at radius 1 is 1.06 bits per heavy atom. The molecule has 0 spiro atoms. The summed E-state index contributed by atoms with van der Waals surface area (Å²) in [4.78, 5) is 22.8. The molecule has 6 nitrogen and oxygen atoms in total. The highest BCUT2D eigenvalue weighted by molar-refractivity contribution is 7.93. The van der Waals surface area contributed by atoms with E-state index >= 15 is 0 Å². The van der Waals surface area contributed by atoms with E-state index in [1.165, 1.54) is 0 Å². The van der Waals surface area contributed by atoms with Crippen molar-refractivity contribution in [2.75, 3.05) is 19.0 Å². The number of hydrogen-bond acceptors (Lipinski definition) is 6. The first-order valence-corrected chi connectivity index (χ1v) is 7.64. The van der Waals surface area contributed by atoms with Gasteiger partial charge in [0.1, 0.15) is 5.75 Å². The summed E-state index contributed by atoms with van der Waals surface area (Å²) < 4.78 is 33.1. The van der Waals surface area contributed by atoms with Gasteiger partial charge in [0, 0.05) is 0 Å². The first kappa shape index (κ1) is 16.9. The molecule has 0 aliphatic rings. The van der Waals surface area contributed by atoms with Crippen LogP contribution in [0.4, 0.5) is 0 Å². The van der Waals surface area contributed by atoms with Gasteiger partial charge in [0.15, 0.2) is 15.1 Å². The molecule has 1 unspecified atom stereocenters. The van der Waals surface area contributed by atoms with Gasteiger partial charge in [-0.2, -0.15) is 0 Å². The molecular formula is C11H20O6S. The van der Waals surface area contributed by atoms with Crippen molar-refractivity contribution in [1.29, 1.82) is 0 Å². The molecule has 0 bridgehead atoms. The van der Waals surface area contributed by atoms with Crippen LogP contribution >= 0.6 is 0 Å². The van der Waals surface area contributed by atoms with Crippen molar-refractivity contribution >= 4 is 21.8 Å². The monoisotopic (exact) mass is 280 g/mol. The standard InChI is InChI=1S/C11H20O6S/c1-4-7-9(11(13)17-6-3)18(14,15)8-10(12)16-5-2/h9H,4-8H2,1-3H3. The lowest BCUT2D eigenvalue weighted by atomic mass is 10.2. The minimum absolute atomic E-state index is 0.103. The number of carbonyl (C=O) groups is 2. The Labute approximate surface area is 108 Å². The van der Waals surface area contributed by atoms with Crippen LogP contribution in [0.1, 0.15) is 33.6 Å². The highest BCUT2D eigenvalue weighted by Crippen LogP contribution is 2.12. The highest BCUT2D eigenvalue weighted by Gasteiger charge is 2.35. The van der Waals surface area contributed by atoms with Crippen LogP contribution < -0.4 is 0 Å². The third-order valence-corrected chi connectivity index (χ3v) is 4.09. The van der Waals surface area contributed by atoms with E-state index in [0.717, 1.165) is 0 Å². The van der Waals surface area contributed by atoms with Gasteiger partial charge in [-0.05, 0) is 20.3 Å². The first-order valence-electron chi connectivity index (χ1n) is 5.92. The van der Waals surface area contributed by atoms with E-state index in [0.29, 0.717) is 6.42 Å². The average molecular weight is 280 g/mol. The molecule has 1 atom stereocenters. The smallest absolute Gasteiger partial charge is 0.324 e. The number of carbonyl (C=O) groups excluding carboxylic acids is 2. The summed E-state index contributed by atoms with van der Waals surface area (Å²) in [6.45, 7) is 5.14. The number of sulfone groups is 1. The average Bonchev–Trinajstić information content (AvgIpc) is 2.25. The molecule has 0 fully saturated rings. The van der Waals surface area contributed by atoms with Crippen LogP contribution in [0.3, 0.4) is 0 Å². The van der Waals surface area contributed by atoms with Crippen LogP contribution in [0.25, 0.3) is 0 Å². The predicted octanol–water partition coefficient (Wildman–Crippen LogP) is 0.696. The summed E-state index contributed by atoms with van der Waals surface area (Å²) in [5, 5.41) is -1.29. The minimum atomic E-state index is -3.88. The van der Waals surface area contributed by atoms with E-state index in [4.69, 9.17) is 4.74 Å². The second-order valence-corrected chi connectivity index (χ2v) is 5.83. The van der Waals surface area contributed by atoms with Crippen molar-refractivity contribution < 1.29 is 27.5 Å². The molecule has 0 aliphatic carbocycles. The molecule has 0 aromatic carbocycles. The van der Waals surface area contributed by atoms with E-state index in [9.17, 15) is 18.0 Å². The summed E-state index contributed by atoms with van der Waals surface area (Å²) in [5.74, 6) is -2.43. The molecule has 7 heteroatoms. The van der Waals surface area contributed by atoms with Crippen LogP contribution in [-0.4, -0.2) is 44.6 Å². The maximum atomic E-state index is 11.9. The van der Waals surface area contributed by atoms with Crippen LogP contribution in [0.2, 0.25) is 0 Å². The number of hydrogen-bond donors (Lipinski definition) is 0. The van der Waals surface area contributed by atoms with Gasteiger partial charge in [0.05, 0.1) is 13.2 Å². The lowest BCUT2D eigenvalue weighted by Crippen LogP contribution is -2.36. The maximum absolute atomic E-state index is 11.9. The summed E-state index contributed by atoms with van der Waals surface area (Å²) >= 11 is 0. The molecule has 0 aromatic rings. The summed E-state index contributed by atoms with van der Waals surface area (Å²) in [7, 11) is -3.88. The van der Waals surface area contributed by atoms with Gasteiger partial charge in [-0.3, -0.25) is 9.59 Å². The Hall–Kier alpha value is -1.11. The minimum Gasteiger partial charge on any atom is -0.465 e. The fourth-order valence-electron chi connectivity index (χ4n) is 1.41. The first-order chi connectivity index (χ1) is 8.38. The van der Waals surface area contributed by atoms with Crippen LogP contribution in [0.5, 0.6) is 0 Å². The van der Waals surface area contributed by atoms with Crippen LogP contribution in [0, 0.1) is 0 Å². The molecule has 0 aliphatic heterocycles. The summed E-state index contributed by atoms with van der Waals surface area (Å²) in [6, 6.07) is 0. The van der Waals surface area contributed by atoms with Crippen molar-refractivity contribution in [3.05, 3.63) is 0 Å². The van der Waals surface area contributed by atoms with E-state index in [1.807, 2.05) is 0 Å². The zero-order valence-corrected chi connectivity index (χ0v) is 11.8. The molecule has 106 valence electrons. The molecule has 0 N–H and O–H groups in total. The van der Waals surface area contributed by atoms with Gasteiger partial charge in [0.2, 0.25) is 0 Å². The topological polar surface area (TPSA) is 86.7 Å². The van der Waals surface area contributed by atoms with Gasteiger partial charge < -0.3 is 9.47 Å². The Bertz CT molecular complexity index is 373. The second kappa shape index (κ2) is 8.07. The Morgan fingerprint density at radius 2 is 1.61 bits per heavy atom. The second-order valence-electron chi connectivity index (χ2n) is 3.64. The molecule has 0 saturated carbocycles. The molecule has 0 rings (SSSR count). The van der Waals surface area contributed by atoms with Crippen molar-refractivity contribution in [1.82, 2.24) is 0 Å². The molecule has 0 radical (unpaired) electrons. The van der Waals surface area contributed by atoms with Crippen molar-refractivity contribution in [2.45, 2.75) is 38.9 Å². The third-order valence-electron chi connectivity index (χ3n) is 2.16. The van der Waals surface area contributed by atoms with E-state index in [1.54, 1.807) is 20.8 Å². The molecule has 0 heterocycles. The quantitative estimate of drug-likeness (QED) is 0.608. The molecular weight excluding hydrogens is 260 g/mol. The van der Waals surface area contributed by atoms with Crippen molar-refractivity contribution in [3.8, 4) is 0 Å². The van der Waals surface area contributed by atoms with Gasteiger partial charge in [0.25, 0.3) is 0 Å². The molecule has 0 saturated heterocycles. The SMILES string of the molecule is CCCC(C(=O)OCC)S(=O)(=O)CC(=O)OCC. The molecule has 18 heavy (non-hydrogen) atoms. The summed E-state index contributed by atoms with van der Waals surface area (Å²) in [6.07, 6.45) is 0.645. The Morgan fingerprint density at radius 3 is 2.06 bits per heavy atom. The molecule has 0 amide bonds. The summed E-state index contributed by atoms with van der Waals surface area (Å²) in [5.41, 5.74) is 0. The zero-order valence-electron chi connectivity index (χ0n) is 11.0. The van der Waals surface area contributed by atoms with Gasteiger partial charge >= 0.3 is 11.9 Å². The van der Waals surface area contributed by atoms with Crippen molar-refractivity contribution in [2.24, 2.45) is 0 Å². The Balaban J connectivity index is 4.86. The number of rotatable bonds is 8. The zero-order chi connectivity index (χ0) is 14.2.